The van der Waals surface area contributed by atoms with E-state index in [-0.39, 0.29) is 18.5 Å². The zero-order chi connectivity index (χ0) is 20.3. The van der Waals surface area contributed by atoms with Crippen molar-refractivity contribution in [3.05, 3.63) is 35.6 Å². The molecule has 2 fully saturated rings. The molecule has 0 radical (unpaired) electrons. The Bertz CT molecular complexity index is 752. The second-order valence-electron chi connectivity index (χ2n) is 7.77. The van der Waals surface area contributed by atoms with Gasteiger partial charge in [-0.2, -0.15) is 0 Å². The van der Waals surface area contributed by atoms with Crippen LogP contribution in [0.3, 0.4) is 0 Å². The van der Waals surface area contributed by atoms with Gasteiger partial charge in [-0.1, -0.05) is 31.9 Å². The summed E-state index contributed by atoms with van der Waals surface area (Å²) >= 11 is 0. The molecule has 0 saturated carbocycles. The van der Waals surface area contributed by atoms with Crippen LogP contribution in [-0.2, 0) is 15.1 Å². The highest BCUT2D eigenvalue weighted by molar-refractivity contribution is 6.09. The standard InChI is InChI=1S/C21H28FN3O3/c1-3-4-12-21(16-8-10-17(22)11-9-16)19(27)25(20(28)23-21)14-18(26)24-13-6-5-7-15(24)2/h8-11,15H,3-7,12-14H2,1-2H3,(H,23,28)/t15-,21-/m1/s1. The number of imide groups is 1. The molecule has 2 saturated heterocycles. The Hall–Kier alpha value is -2.44. The fraction of sp³-hybridized carbons (Fsp3) is 0.571. The highest BCUT2D eigenvalue weighted by Gasteiger charge is 2.52. The predicted octanol–water partition coefficient (Wildman–Crippen LogP) is 3.16. The van der Waals surface area contributed by atoms with Crippen molar-refractivity contribution in [2.45, 2.75) is 64.0 Å². The van der Waals surface area contributed by atoms with Gasteiger partial charge in [-0.05, 0) is 50.3 Å². The van der Waals surface area contributed by atoms with Crippen molar-refractivity contribution in [1.29, 1.82) is 0 Å². The average Bonchev–Trinajstić information content (AvgIpc) is 2.92. The van der Waals surface area contributed by atoms with E-state index in [1.165, 1.54) is 24.3 Å². The number of rotatable bonds is 6. The van der Waals surface area contributed by atoms with Crippen LogP contribution in [0.15, 0.2) is 24.3 Å². The van der Waals surface area contributed by atoms with Crippen molar-refractivity contribution in [3.8, 4) is 0 Å². The first kappa shape index (κ1) is 20.3. The maximum absolute atomic E-state index is 13.4. The maximum atomic E-state index is 13.4. The maximum Gasteiger partial charge on any atom is 0.325 e. The van der Waals surface area contributed by atoms with Crippen LogP contribution in [0, 0.1) is 5.82 Å². The van der Waals surface area contributed by atoms with Crippen LogP contribution in [0.4, 0.5) is 9.18 Å². The molecule has 6 nitrogen and oxygen atoms in total. The molecule has 1 aromatic rings. The van der Waals surface area contributed by atoms with Crippen molar-refractivity contribution in [2.75, 3.05) is 13.1 Å². The first-order valence-electron chi connectivity index (χ1n) is 10.1. The lowest BCUT2D eigenvalue weighted by Gasteiger charge is -2.34. The molecule has 3 rings (SSSR count). The summed E-state index contributed by atoms with van der Waals surface area (Å²) in [4.78, 5) is 41.5. The molecule has 2 atom stereocenters. The van der Waals surface area contributed by atoms with E-state index in [1.807, 2.05) is 13.8 Å². The number of unbranched alkanes of at least 4 members (excludes halogenated alkanes) is 1. The van der Waals surface area contributed by atoms with E-state index in [1.54, 1.807) is 4.90 Å². The molecule has 2 heterocycles. The Kier molecular flexibility index (Phi) is 6.01. The van der Waals surface area contributed by atoms with Crippen molar-refractivity contribution in [1.82, 2.24) is 15.1 Å². The van der Waals surface area contributed by atoms with Crippen LogP contribution in [-0.4, -0.2) is 46.8 Å². The topological polar surface area (TPSA) is 69.7 Å². The second-order valence-corrected chi connectivity index (χ2v) is 7.77. The van der Waals surface area contributed by atoms with Gasteiger partial charge in [0.15, 0.2) is 0 Å². The summed E-state index contributed by atoms with van der Waals surface area (Å²) in [5.41, 5.74) is -0.698. The van der Waals surface area contributed by atoms with Gasteiger partial charge in [-0.25, -0.2) is 9.18 Å². The van der Waals surface area contributed by atoms with Crippen molar-refractivity contribution < 1.29 is 18.8 Å². The molecular formula is C21H28FN3O3. The van der Waals surface area contributed by atoms with E-state index >= 15 is 0 Å². The number of amides is 4. The number of likely N-dealkylation sites (tertiary alicyclic amines) is 1. The summed E-state index contributed by atoms with van der Waals surface area (Å²) in [5, 5.41) is 2.80. The second kappa shape index (κ2) is 8.29. The number of hydrogen-bond donors (Lipinski definition) is 1. The Morgan fingerprint density at radius 2 is 1.96 bits per heavy atom. The van der Waals surface area contributed by atoms with Gasteiger partial charge in [-0.3, -0.25) is 14.5 Å². The third-order valence-corrected chi connectivity index (χ3v) is 5.83. The van der Waals surface area contributed by atoms with Crippen LogP contribution in [0.25, 0.3) is 0 Å². The Labute approximate surface area is 165 Å². The minimum Gasteiger partial charge on any atom is -0.338 e. The normalized spacial score (nSPS) is 25.2. The molecule has 152 valence electrons. The molecule has 0 unspecified atom stereocenters. The number of nitrogens with one attached hydrogen (secondary N) is 1. The third-order valence-electron chi connectivity index (χ3n) is 5.83. The number of hydrogen-bond acceptors (Lipinski definition) is 3. The first-order chi connectivity index (χ1) is 13.4. The van der Waals surface area contributed by atoms with E-state index in [4.69, 9.17) is 0 Å². The summed E-state index contributed by atoms with van der Waals surface area (Å²) < 4.78 is 13.4. The fourth-order valence-corrected chi connectivity index (χ4v) is 4.15. The summed E-state index contributed by atoms with van der Waals surface area (Å²) in [6, 6.07) is 5.17. The first-order valence-corrected chi connectivity index (χ1v) is 10.1. The molecule has 28 heavy (non-hydrogen) atoms. The van der Waals surface area contributed by atoms with Crippen LogP contribution in [0.5, 0.6) is 0 Å². The highest BCUT2D eigenvalue weighted by atomic mass is 19.1. The molecular weight excluding hydrogens is 361 g/mol. The van der Waals surface area contributed by atoms with E-state index < -0.39 is 23.3 Å². The van der Waals surface area contributed by atoms with E-state index in [2.05, 4.69) is 5.32 Å². The minimum absolute atomic E-state index is 0.115. The average molecular weight is 389 g/mol. The molecule has 0 bridgehead atoms. The van der Waals surface area contributed by atoms with Gasteiger partial charge in [0.1, 0.15) is 17.9 Å². The SMILES string of the molecule is CCCC[C@]1(c2ccc(F)cc2)NC(=O)N(CC(=O)N2CCCC[C@H]2C)C1=O. The van der Waals surface area contributed by atoms with Crippen LogP contribution in [0.2, 0.25) is 0 Å². The third kappa shape index (κ3) is 3.75. The number of piperidine rings is 1. The van der Waals surface area contributed by atoms with Gasteiger partial charge < -0.3 is 10.2 Å². The van der Waals surface area contributed by atoms with Crippen LogP contribution < -0.4 is 5.32 Å². The molecule has 4 amide bonds. The number of carbonyl (C=O) groups is 3. The van der Waals surface area contributed by atoms with Gasteiger partial charge >= 0.3 is 6.03 Å². The zero-order valence-corrected chi connectivity index (χ0v) is 16.5. The van der Waals surface area contributed by atoms with Crippen LogP contribution in [0.1, 0.15) is 57.9 Å². The van der Waals surface area contributed by atoms with Crippen LogP contribution >= 0.6 is 0 Å². The Morgan fingerprint density at radius 1 is 1.25 bits per heavy atom. The smallest absolute Gasteiger partial charge is 0.325 e. The van der Waals surface area contributed by atoms with Gasteiger partial charge in [0, 0.05) is 12.6 Å². The lowest BCUT2D eigenvalue weighted by atomic mass is 9.84. The molecule has 1 aromatic carbocycles. The van der Waals surface area contributed by atoms with E-state index in [0.29, 0.717) is 24.9 Å². The van der Waals surface area contributed by atoms with Gasteiger partial charge in [0.25, 0.3) is 5.91 Å². The lowest BCUT2D eigenvalue weighted by Crippen LogP contribution is -2.49. The summed E-state index contributed by atoms with van der Waals surface area (Å²) in [6.07, 6.45) is 4.92. The molecule has 2 aliphatic rings. The number of halogens is 1. The predicted molar refractivity (Wildman–Crippen MR) is 103 cm³/mol. The molecule has 0 spiro atoms. The number of benzene rings is 1. The molecule has 0 aromatic heterocycles. The van der Waals surface area contributed by atoms with Crippen molar-refractivity contribution in [2.24, 2.45) is 0 Å². The van der Waals surface area contributed by atoms with E-state index in [0.717, 1.165) is 30.6 Å². The Morgan fingerprint density at radius 3 is 2.61 bits per heavy atom. The van der Waals surface area contributed by atoms with Gasteiger partial charge in [0.2, 0.25) is 5.91 Å². The molecule has 2 aliphatic heterocycles. The minimum atomic E-state index is -1.24. The van der Waals surface area contributed by atoms with Crippen molar-refractivity contribution in [3.63, 3.8) is 0 Å². The summed E-state index contributed by atoms with van der Waals surface area (Å²) in [5.74, 6) is -1.05. The molecule has 0 aliphatic carbocycles. The highest BCUT2D eigenvalue weighted by Crippen LogP contribution is 2.34. The summed E-state index contributed by atoms with van der Waals surface area (Å²) in [7, 11) is 0. The fourth-order valence-electron chi connectivity index (χ4n) is 4.15. The van der Waals surface area contributed by atoms with Gasteiger partial charge in [0.05, 0.1) is 0 Å². The Balaban J connectivity index is 1.84. The number of urea groups is 1. The summed E-state index contributed by atoms with van der Waals surface area (Å²) in [6.45, 7) is 4.39. The zero-order valence-electron chi connectivity index (χ0n) is 16.5. The van der Waals surface area contributed by atoms with Crippen molar-refractivity contribution >= 4 is 17.8 Å². The molecule has 1 N–H and O–H groups in total. The quantitative estimate of drug-likeness (QED) is 0.760. The number of carbonyl (C=O) groups excluding carboxylic acids is 3. The van der Waals surface area contributed by atoms with E-state index in [9.17, 15) is 18.8 Å². The lowest BCUT2D eigenvalue weighted by molar-refractivity contribution is -0.141. The monoisotopic (exact) mass is 389 g/mol. The largest absolute Gasteiger partial charge is 0.338 e. The molecule has 7 heteroatoms. The van der Waals surface area contributed by atoms with Gasteiger partial charge in [-0.15, -0.1) is 0 Å². The number of nitrogens with zero attached hydrogens (tertiary/aromatic N) is 2.